The molecule has 2 aromatic heterocycles. The number of pyridine rings is 1. The van der Waals surface area contributed by atoms with Crippen LogP contribution in [0.4, 0.5) is 13.2 Å². The molecule has 0 radical (unpaired) electrons. The van der Waals surface area contributed by atoms with Crippen LogP contribution in [0.1, 0.15) is 30.1 Å². The Morgan fingerprint density at radius 3 is 2.50 bits per heavy atom. The molecule has 2 N–H and O–H groups in total. The molecule has 0 aliphatic heterocycles. The van der Waals surface area contributed by atoms with E-state index in [1.54, 1.807) is 13.0 Å². The molecule has 0 fully saturated rings. The number of nitrogens with zero attached hydrogens (tertiary/aromatic N) is 2. The Balaban J connectivity index is 2.26. The number of oxazole rings is 1. The fourth-order valence-corrected chi connectivity index (χ4v) is 2.63. The molecule has 8 heteroatoms. The molecule has 1 atom stereocenters. The largest absolute Gasteiger partial charge is 0.494 e. The van der Waals surface area contributed by atoms with Gasteiger partial charge in [0.2, 0.25) is 5.89 Å². The highest BCUT2D eigenvalue weighted by molar-refractivity contribution is 5.96. The number of hydrogen-bond donors (Lipinski definition) is 1. The predicted molar refractivity (Wildman–Crippen MR) is 91.5 cm³/mol. The van der Waals surface area contributed by atoms with Crippen molar-refractivity contribution in [3.05, 3.63) is 48.0 Å². The third-order valence-corrected chi connectivity index (χ3v) is 3.85. The number of alkyl halides is 3. The number of methoxy groups -OCH3 is 1. The van der Waals surface area contributed by atoms with E-state index >= 15 is 0 Å². The molecule has 0 bridgehead atoms. The lowest BCUT2D eigenvalue weighted by Gasteiger charge is -2.11. The monoisotopic (exact) mass is 363 g/mol. The summed E-state index contributed by atoms with van der Waals surface area (Å²) >= 11 is 0. The number of benzene rings is 1. The molecule has 5 nitrogen and oxygen atoms in total. The van der Waals surface area contributed by atoms with Crippen LogP contribution in [0.15, 0.2) is 35.3 Å². The normalized spacial score (nSPS) is 13.0. The number of fused-ring (bicyclic) bond motifs is 1. The van der Waals surface area contributed by atoms with Gasteiger partial charge in [0.25, 0.3) is 0 Å². The van der Waals surface area contributed by atoms with Gasteiger partial charge < -0.3 is 14.9 Å². The van der Waals surface area contributed by atoms with Gasteiger partial charge in [-0.25, -0.2) is 9.97 Å². The van der Waals surface area contributed by atoms with Crippen LogP contribution in [0.2, 0.25) is 0 Å². The van der Waals surface area contributed by atoms with E-state index in [9.17, 15) is 13.2 Å². The smallest absolute Gasteiger partial charge is 0.433 e. The van der Waals surface area contributed by atoms with E-state index in [0.717, 1.165) is 6.07 Å². The molecule has 0 saturated heterocycles. The second-order valence-electron chi connectivity index (χ2n) is 5.67. The lowest BCUT2D eigenvalue weighted by atomic mass is 10.1. The van der Waals surface area contributed by atoms with Crippen molar-refractivity contribution in [2.24, 2.45) is 5.73 Å². The summed E-state index contributed by atoms with van der Waals surface area (Å²) in [5.74, 6) is 0.887. The van der Waals surface area contributed by atoms with Gasteiger partial charge in [-0.1, -0.05) is 6.58 Å². The number of halogens is 3. The first-order chi connectivity index (χ1) is 12.3. The molecule has 0 saturated carbocycles. The highest BCUT2D eigenvalue weighted by atomic mass is 19.4. The van der Waals surface area contributed by atoms with Crippen molar-refractivity contribution in [3.63, 3.8) is 0 Å². The molecular weight excluding hydrogens is 347 g/mol. The van der Waals surface area contributed by atoms with Crippen molar-refractivity contribution in [2.45, 2.75) is 19.1 Å². The Labute approximate surface area is 147 Å². The minimum atomic E-state index is -4.56. The zero-order valence-corrected chi connectivity index (χ0v) is 14.1. The molecule has 3 rings (SSSR count). The van der Waals surface area contributed by atoms with E-state index in [-0.39, 0.29) is 17.2 Å². The van der Waals surface area contributed by atoms with Crippen LogP contribution in [-0.2, 0) is 6.18 Å². The first-order valence-corrected chi connectivity index (χ1v) is 7.70. The average molecular weight is 363 g/mol. The van der Waals surface area contributed by atoms with Gasteiger partial charge in [-0.05, 0) is 37.3 Å². The third kappa shape index (κ3) is 3.03. The predicted octanol–water partition coefficient (Wildman–Crippen LogP) is 4.58. The third-order valence-electron chi connectivity index (χ3n) is 3.85. The van der Waals surface area contributed by atoms with Crippen molar-refractivity contribution in [2.75, 3.05) is 7.11 Å². The molecule has 1 unspecified atom stereocenters. The fraction of sp³-hybridized carbons (Fsp3) is 0.222. The lowest BCUT2D eigenvalue weighted by Crippen LogP contribution is -2.08. The van der Waals surface area contributed by atoms with Gasteiger partial charge in [-0.2, -0.15) is 13.2 Å². The van der Waals surface area contributed by atoms with Gasteiger partial charge in [-0.3, -0.25) is 0 Å². The summed E-state index contributed by atoms with van der Waals surface area (Å²) in [6, 6.07) is 5.00. The maximum atomic E-state index is 13.0. The minimum Gasteiger partial charge on any atom is -0.494 e. The Kier molecular flexibility index (Phi) is 4.45. The van der Waals surface area contributed by atoms with Crippen molar-refractivity contribution >= 4 is 17.0 Å². The van der Waals surface area contributed by atoms with E-state index in [1.807, 2.05) is 0 Å². The quantitative estimate of drug-likeness (QED) is 0.734. The topological polar surface area (TPSA) is 74.2 Å². The maximum Gasteiger partial charge on any atom is 0.433 e. The van der Waals surface area contributed by atoms with Crippen LogP contribution in [0.5, 0.6) is 5.75 Å². The fourth-order valence-electron chi connectivity index (χ4n) is 2.63. The van der Waals surface area contributed by atoms with Crippen molar-refractivity contribution < 1.29 is 22.3 Å². The minimum absolute atomic E-state index is 0.0699. The lowest BCUT2D eigenvalue weighted by molar-refractivity contribution is -0.140. The van der Waals surface area contributed by atoms with Gasteiger partial charge in [0, 0.05) is 10.9 Å². The van der Waals surface area contributed by atoms with Gasteiger partial charge >= 0.3 is 6.18 Å². The van der Waals surface area contributed by atoms with E-state index in [0.29, 0.717) is 22.4 Å². The summed E-state index contributed by atoms with van der Waals surface area (Å²) < 4.78 is 49.9. The number of hydrogen-bond acceptors (Lipinski definition) is 5. The summed E-state index contributed by atoms with van der Waals surface area (Å²) in [6.07, 6.45) is -3.05. The molecule has 26 heavy (non-hydrogen) atoms. The van der Waals surface area contributed by atoms with Crippen molar-refractivity contribution in [3.8, 4) is 17.2 Å². The van der Waals surface area contributed by atoms with Crippen LogP contribution in [0, 0.1) is 0 Å². The standard InChI is InChI=1S/C18H16F3N3O2/c1-4-12-16(9(2)22)26-17(23-12)11-5-7-13(25-3)15-10(11)6-8-14(24-15)18(19,20)21/h4-9H,1,22H2,2-3H3. The molecule has 1 aromatic carbocycles. The van der Waals surface area contributed by atoms with Crippen LogP contribution < -0.4 is 10.5 Å². The SMILES string of the molecule is C=Cc1nc(-c2ccc(OC)c3nc(C(F)(F)F)ccc23)oc1C(C)N. The Morgan fingerprint density at radius 1 is 1.23 bits per heavy atom. The van der Waals surface area contributed by atoms with Gasteiger partial charge in [0.15, 0.2) is 0 Å². The van der Waals surface area contributed by atoms with Gasteiger partial charge in [-0.15, -0.1) is 0 Å². The molecular formula is C18H16F3N3O2. The summed E-state index contributed by atoms with van der Waals surface area (Å²) in [6.45, 7) is 5.41. The number of ether oxygens (including phenoxy) is 1. The van der Waals surface area contributed by atoms with Gasteiger partial charge in [0.1, 0.15) is 28.4 Å². The second kappa shape index (κ2) is 6.45. The summed E-state index contributed by atoms with van der Waals surface area (Å²) in [5, 5.41) is 0.422. The van der Waals surface area contributed by atoms with Gasteiger partial charge in [0.05, 0.1) is 13.2 Å². The number of nitrogens with two attached hydrogens (primary N) is 1. The highest BCUT2D eigenvalue weighted by Crippen LogP contribution is 2.37. The van der Waals surface area contributed by atoms with Crippen molar-refractivity contribution in [1.29, 1.82) is 0 Å². The highest BCUT2D eigenvalue weighted by Gasteiger charge is 2.33. The Bertz CT molecular complexity index is 978. The van der Waals surface area contributed by atoms with E-state index in [1.165, 1.54) is 25.3 Å². The molecule has 0 spiro atoms. The second-order valence-corrected chi connectivity index (χ2v) is 5.67. The van der Waals surface area contributed by atoms with Crippen LogP contribution in [-0.4, -0.2) is 17.1 Å². The summed E-state index contributed by atoms with van der Waals surface area (Å²) in [7, 11) is 1.37. The first-order valence-electron chi connectivity index (χ1n) is 7.70. The van der Waals surface area contributed by atoms with Crippen molar-refractivity contribution in [1.82, 2.24) is 9.97 Å². The maximum absolute atomic E-state index is 13.0. The summed E-state index contributed by atoms with van der Waals surface area (Å²) in [5.41, 5.74) is 5.90. The number of rotatable bonds is 4. The van der Waals surface area contributed by atoms with Crippen LogP contribution >= 0.6 is 0 Å². The van der Waals surface area contributed by atoms with E-state index < -0.39 is 17.9 Å². The molecule has 0 aliphatic rings. The van der Waals surface area contributed by atoms with Crippen LogP contribution in [0.3, 0.4) is 0 Å². The Hall–Kier alpha value is -2.87. The number of aromatic nitrogens is 2. The Morgan fingerprint density at radius 2 is 1.96 bits per heavy atom. The zero-order chi connectivity index (χ0) is 19.1. The summed E-state index contributed by atoms with van der Waals surface area (Å²) in [4.78, 5) is 8.07. The molecule has 3 aromatic rings. The van der Waals surface area contributed by atoms with E-state index in [2.05, 4.69) is 16.5 Å². The molecule has 136 valence electrons. The first kappa shape index (κ1) is 17.9. The molecule has 2 heterocycles. The average Bonchev–Trinajstić information content (AvgIpc) is 3.04. The van der Waals surface area contributed by atoms with E-state index in [4.69, 9.17) is 14.9 Å². The molecule has 0 aliphatic carbocycles. The molecule has 0 amide bonds. The van der Waals surface area contributed by atoms with Crippen LogP contribution in [0.25, 0.3) is 28.4 Å². The zero-order valence-electron chi connectivity index (χ0n) is 14.1.